The first-order valence-corrected chi connectivity index (χ1v) is 5.46. The Bertz CT molecular complexity index is 393. The number of rotatable bonds is 2. The Kier molecular flexibility index (Phi) is 3.07. The van der Waals surface area contributed by atoms with E-state index in [0.29, 0.717) is 21.9 Å². The second kappa shape index (κ2) is 4.33. The summed E-state index contributed by atoms with van der Waals surface area (Å²) >= 11 is 10.8. The topological polar surface area (TPSA) is 24.1 Å². The standard InChI is InChI=1S/C10H10ClFN2S/c11-6-1-4-8(12)9(5-6)14-10(15)13-7-2-3-7/h1,4-5,7H,2-3H2,(H2,13,14,15). The second-order valence-corrected chi connectivity index (χ2v) is 4.34. The maximum Gasteiger partial charge on any atom is 0.171 e. The summed E-state index contributed by atoms with van der Waals surface area (Å²) in [6.45, 7) is 0. The Balaban J connectivity index is 2.01. The number of nitrogens with one attached hydrogen (secondary N) is 2. The molecular weight excluding hydrogens is 235 g/mol. The molecule has 80 valence electrons. The van der Waals surface area contributed by atoms with Gasteiger partial charge in [0.25, 0.3) is 0 Å². The van der Waals surface area contributed by atoms with Crippen molar-refractivity contribution in [3.63, 3.8) is 0 Å². The lowest BCUT2D eigenvalue weighted by molar-refractivity contribution is 0.632. The highest BCUT2D eigenvalue weighted by molar-refractivity contribution is 7.80. The Morgan fingerprint density at radius 2 is 2.20 bits per heavy atom. The van der Waals surface area contributed by atoms with E-state index in [1.54, 1.807) is 0 Å². The van der Waals surface area contributed by atoms with E-state index in [-0.39, 0.29) is 5.82 Å². The van der Waals surface area contributed by atoms with Crippen LogP contribution < -0.4 is 10.6 Å². The zero-order valence-electron chi connectivity index (χ0n) is 7.89. The third-order valence-electron chi connectivity index (χ3n) is 2.09. The summed E-state index contributed by atoms with van der Waals surface area (Å²) in [7, 11) is 0. The quantitative estimate of drug-likeness (QED) is 0.783. The van der Waals surface area contributed by atoms with Crippen molar-refractivity contribution in [2.24, 2.45) is 0 Å². The molecule has 1 aromatic carbocycles. The lowest BCUT2D eigenvalue weighted by atomic mass is 10.3. The average Bonchev–Trinajstić information content (AvgIpc) is 2.95. The number of halogens is 2. The minimum Gasteiger partial charge on any atom is -0.360 e. The summed E-state index contributed by atoms with van der Waals surface area (Å²) in [4.78, 5) is 0. The van der Waals surface area contributed by atoms with Crippen LogP contribution in [0.5, 0.6) is 0 Å². The van der Waals surface area contributed by atoms with Gasteiger partial charge in [0.1, 0.15) is 5.82 Å². The Morgan fingerprint density at radius 1 is 1.47 bits per heavy atom. The second-order valence-electron chi connectivity index (χ2n) is 3.50. The normalized spacial score (nSPS) is 14.8. The predicted octanol–water partition coefficient (Wildman–Crippen LogP) is 2.93. The van der Waals surface area contributed by atoms with Gasteiger partial charge in [0.05, 0.1) is 5.69 Å². The average molecular weight is 245 g/mol. The molecule has 0 amide bonds. The van der Waals surface area contributed by atoms with Crippen LogP contribution in [0.25, 0.3) is 0 Å². The van der Waals surface area contributed by atoms with Gasteiger partial charge in [0.15, 0.2) is 5.11 Å². The van der Waals surface area contributed by atoms with Crippen molar-refractivity contribution in [3.8, 4) is 0 Å². The van der Waals surface area contributed by atoms with E-state index in [0.717, 1.165) is 12.8 Å². The lowest BCUT2D eigenvalue weighted by Gasteiger charge is -2.10. The van der Waals surface area contributed by atoms with Crippen LogP contribution in [0.4, 0.5) is 10.1 Å². The van der Waals surface area contributed by atoms with Gasteiger partial charge in [-0.1, -0.05) is 11.6 Å². The summed E-state index contributed by atoms with van der Waals surface area (Å²) in [5, 5.41) is 6.77. The van der Waals surface area contributed by atoms with Gasteiger partial charge in [0.2, 0.25) is 0 Å². The molecule has 2 nitrogen and oxygen atoms in total. The molecule has 0 atom stereocenters. The molecule has 1 saturated carbocycles. The minimum absolute atomic E-state index is 0.306. The van der Waals surface area contributed by atoms with E-state index in [1.807, 2.05) is 0 Å². The Labute approximate surface area is 97.8 Å². The zero-order chi connectivity index (χ0) is 10.8. The van der Waals surface area contributed by atoms with Gasteiger partial charge in [-0.2, -0.15) is 0 Å². The van der Waals surface area contributed by atoms with Crippen LogP contribution in [0.1, 0.15) is 12.8 Å². The van der Waals surface area contributed by atoms with Gasteiger partial charge in [-0.15, -0.1) is 0 Å². The molecule has 15 heavy (non-hydrogen) atoms. The Hall–Kier alpha value is -0.870. The van der Waals surface area contributed by atoms with Crippen LogP contribution in [-0.2, 0) is 0 Å². The van der Waals surface area contributed by atoms with Crippen molar-refractivity contribution in [1.29, 1.82) is 0 Å². The molecule has 0 aliphatic heterocycles. The summed E-state index contributed by atoms with van der Waals surface area (Å²) in [5.41, 5.74) is 0.306. The number of anilines is 1. The van der Waals surface area contributed by atoms with Crippen molar-refractivity contribution in [2.75, 3.05) is 5.32 Å². The fourth-order valence-corrected chi connectivity index (χ4v) is 1.61. The van der Waals surface area contributed by atoms with Crippen molar-refractivity contribution < 1.29 is 4.39 Å². The molecule has 0 radical (unpaired) electrons. The number of hydrogen-bond donors (Lipinski definition) is 2. The monoisotopic (exact) mass is 244 g/mol. The molecule has 1 aromatic rings. The summed E-state index contributed by atoms with van der Waals surface area (Å²) in [5.74, 6) is -0.362. The van der Waals surface area contributed by atoms with Gasteiger partial charge in [-0.3, -0.25) is 0 Å². The van der Waals surface area contributed by atoms with Crippen LogP contribution in [-0.4, -0.2) is 11.2 Å². The van der Waals surface area contributed by atoms with E-state index in [2.05, 4.69) is 10.6 Å². The van der Waals surface area contributed by atoms with Gasteiger partial charge >= 0.3 is 0 Å². The molecule has 1 aliphatic rings. The van der Waals surface area contributed by atoms with Crippen molar-refractivity contribution in [2.45, 2.75) is 18.9 Å². The van der Waals surface area contributed by atoms with E-state index in [4.69, 9.17) is 23.8 Å². The summed E-state index contributed by atoms with van der Waals surface area (Å²) < 4.78 is 13.3. The summed E-state index contributed by atoms with van der Waals surface area (Å²) in [6.07, 6.45) is 2.25. The summed E-state index contributed by atoms with van der Waals surface area (Å²) in [6, 6.07) is 4.77. The minimum atomic E-state index is -0.362. The van der Waals surface area contributed by atoms with Crippen LogP contribution in [0, 0.1) is 5.82 Å². The highest BCUT2D eigenvalue weighted by Gasteiger charge is 2.21. The SMILES string of the molecule is Fc1ccc(Cl)cc1NC(=S)NC1CC1. The molecule has 2 rings (SSSR count). The third kappa shape index (κ3) is 3.04. The third-order valence-corrected chi connectivity index (χ3v) is 2.54. The largest absolute Gasteiger partial charge is 0.360 e. The molecular formula is C10H10ClFN2S. The number of benzene rings is 1. The Morgan fingerprint density at radius 3 is 2.87 bits per heavy atom. The van der Waals surface area contributed by atoms with Gasteiger partial charge in [-0.05, 0) is 43.3 Å². The van der Waals surface area contributed by atoms with Crippen molar-refractivity contribution >= 4 is 34.6 Å². The lowest BCUT2D eigenvalue weighted by Crippen LogP contribution is -2.30. The highest BCUT2D eigenvalue weighted by Crippen LogP contribution is 2.21. The van der Waals surface area contributed by atoms with Crippen LogP contribution in [0.15, 0.2) is 18.2 Å². The maximum atomic E-state index is 13.3. The molecule has 0 bridgehead atoms. The fraction of sp³-hybridized carbons (Fsp3) is 0.300. The molecule has 1 aliphatic carbocycles. The van der Waals surface area contributed by atoms with E-state index < -0.39 is 0 Å². The first-order valence-electron chi connectivity index (χ1n) is 4.68. The predicted molar refractivity (Wildman–Crippen MR) is 63.8 cm³/mol. The van der Waals surface area contributed by atoms with Crippen LogP contribution in [0.3, 0.4) is 0 Å². The molecule has 0 heterocycles. The van der Waals surface area contributed by atoms with Gasteiger partial charge in [-0.25, -0.2) is 4.39 Å². The van der Waals surface area contributed by atoms with Crippen molar-refractivity contribution in [3.05, 3.63) is 29.0 Å². The van der Waals surface area contributed by atoms with E-state index in [9.17, 15) is 4.39 Å². The molecule has 0 spiro atoms. The fourth-order valence-electron chi connectivity index (χ4n) is 1.16. The molecule has 2 N–H and O–H groups in total. The molecule has 5 heteroatoms. The van der Waals surface area contributed by atoms with Crippen LogP contribution in [0.2, 0.25) is 5.02 Å². The first-order chi connectivity index (χ1) is 7.15. The van der Waals surface area contributed by atoms with Gasteiger partial charge in [0, 0.05) is 11.1 Å². The van der Waals surface area contributed by atoms with E-state index >= 15 is 0 Å². The van der Waals surface area contributed by atoms with Crippen LogP contribution >= 0.6 is 23.8 Å². The van der Waals surface area contributed by atoms with Gasteiger partial charge < -0.3 is 10.6 Å². The molecule has 1 fully saturated rings. The maximum absolute atomic E-state index is 13.3. The highest BCUT2D eigenvalue weighted by atomic mass is 35.5. The molecule has 0 saturated heterocycles. The van der Waals surface area contributed by atoms with E-state index in [1.165, 1.54) is 18.2 Å². The van der Waals surface area contributed by atoms with Crippen molar-refractivity contribution in [1.82, 2.24) is 5.32 Å². The first kappa shape index (κ1) is 10.6. The number of thiocarbonyl (C=S) groups is 1. The molecule has 0 aromatic heterocycles. The molecule has 0 unspecified atom stereocenters. The zero-order valence-corrected chi connectivity index (χ0v) is 9.46. The number of hydrogen-bond acceptors (Lipinski definition) is 1. The smallest absolute Gasteiger partial charge is 0.171 e.